The molecule has 1 aliphatic heterocycles. The molecule has 0 N–H and O–H groups in total. The molecule has 0 aliphatic carbocycles. The van der Waals surface area contributed by atoms with Crippen LogP contribution in [-0.2, 0) is 10.0 Å². The number of halogens is 2. The van der Waals surface area contributed by atoms with E-state index in [9.17, 15) is 18.5 Å². The summed E-state index contributed by atoms with van der Waals surface area (Å²) in [5.74, 6) is 0.190. The van der Waals surface area contributed by atoms with Gasteiger partial charge in [0.05, 0.1) is 4.92 Å². The fourth-order valence-corrected chi connectivity index (χ4v) is 5.10. The number of ether oxygens (including phenoxy) is 1. The van der Waals surface area contributed by atoms with E-state index in [1.165, 1.54) is 34.6 Å². The molecule has 0 aromatic heterocycles. The summed E-state index contributed by atoms with van der Waals surface area (Å²) in [6.07, 6.45) is 0. The molecule has 1 heterocycles. The van der Waals surface area contributed by atoms with Crippen LogP contribution >= 0.6 is 23.2 Å². The summed E-state index contributed by atoms with van der Waals surface area (Å²) >= 11 is 12.0. The van der Waals surface area contributed by atoms with Crippen LogP contribution < -0.4 is 4.74 Å². The average molecular weight is 460 g/mol. The molecule has 1 saturated heterocycles. The summed E-state index contributed by atoms with van der Waals surface area (Å²) in [5, 5.41) is 11.8. The van der Waals surface area contributed by atoms with Crippen molar-refractivity contribution >= 4 is 38.9 Å². The maximum atomic E-state index is 13.3. The van der Waals surface area contributed by atoms with Crippen molar-refractivity contribution in [2.45, 2.75) is 11.8 Å². The molecule has 0 radical (unpaired) electrons. The number of likely N-dealkylation sites (N-methyl/N-ethyl adjacent to an activating group) is 1. The second-order valence-electron chi connectivity index (χ2n) is 6.43. The van der Waals surface area contributed by atoms with E-state index in [0.717, 1.165) is 12.6 Å². The molecular weight excluding hydrogens is 441 g/mol. The summed E-state index contributed by atoms with van der Waals surface area (Å²) in [4.78, 5) is 12.4. The monoisotopic (exact) mass is 459 g/mol. The van der Waals surface area contributed by atoms with E-state index >= 15 is 0 Å². The molecule has 11 heteroatoms. The van der Waals surface area contributed by atoms with Gasteiger partial charge in [0.2, 0.25) is 10.0 Å². The van der Waals surface area contributed by atoms with E-state index in [1.54, 1.807) is 0 Å². The highest BCUT2D eigenvalue weighted by atomic mass is 35.5. The van der Waals surface area contributed by atoms with E-state index in [1.807, 2.05) is 6.92 Å². The van der Waals surface area contributed by atoms with Gasteiger partial charge >= 0.3 is 0 Å². The first-order valence-corrected chi connectivity index (χ1v) is 11.0. The molecule has 0 unspecified atom stereocenters. The van der Waals surface area contributed by atoms with Gasteiger partial charge in [-0.05, 0) is 30.8 Å². The molecule has 0 bridgehead atoms. The van der Waals surface area contributed by atoms with Crippen molar-refractivity contribution in [3.8, 4) is 11.5 Å². The number of hydrogen-bond acceptors (Lipinski definition) is 6. The van der Waals surface area contributed by atoms with Crippen molar-refractivity contribution < 1.29 is 18.1 Å². The van der Waals surface area contributed by atoms with Gasteiger partial charge in [0.1, 0.15) is 16.4 Å². The fraction of sp³-hybridized carbons (Fsp3) is 0.333. The van der Waals surface area contributed by atoms with Crippen LogP contribution in [0.3, 0.4) is 0 Å². The number of sulfonamides is 1. The molecule has 0 atom stereocenters. The van der Waals surface area contributed by atoms with Crippen LogP contribution in [0.2, 0.25) is 10.0 Å². The lowest BCUT2D eigenvalue weighted by Gasteiger charge is -2.33. The van der Waals surface area contributed by atoms with Crippen molar-refractivity contribution in [3.63, 3.8) is 0 Å². The van der Waals surface area contributed by atoms with Crippen molar-refractivity contribution in [1.82, 2.24) is 9.21 Å². The fourth-order valence-electron chi connectivity index (χ4n) is 3.04. The number of nitro groups is 1. The Morgan fingerprint density at radius 3 is 2.24 bits per heavy atom. The van der Waals surface area contributed by atoms with E-state index in [2.05, 4.69) is 4.90 Å². The Bertz CT molecular complexity index is 1000. The van der Waals surface area contributed by atoms with Gasteiger partial charge in [0.15, 0.2) is 0 Å². The van der Waals surface area contributed by atoms with Gasteiger partial charge in [-0.25, -0.2) is 8.42 Å². The average Bonchev–Trinajstić information content (AvgIpc) is 2.67. The third kappa shape index (κ3) is 4.99. The predicted octanol–water partition coefficient (Wildman–Crippen LogP) is 4.02. The zero-order valence-corrected chi connectivity index (χ0v) is 17.9. The smallest absolute Gasteiger partial charge is 0.271 e. The van der Waals surface area contributed by atoms with Gasteiger partial charge in [-0.15, -0.1) is 0 Å². The minimum atomic E-state index is -4.01. The molecule has 0 spiro atoms. The van der Waals surface area contributed by atoms with Gasteiger partial charge < -0.3 is 9.64 Å². The maximum Gasteiger partial charge on any atom is 0.271 e. The highest BCUT2D eigenvalue weighted by Crippen LogP contribution is 2.35. The molecule has 1 aliphatic rings. The van der Waals surface area contributed by atoms with Crippen LogP contribution in [0.1, 0.15) is 6.92 Å². The normalized spacial score (nSPS) is 16.0. The number of piperazine rings is 1. The number of hydrogen-bond donors (Lipinski definition) is 0. The number of nitro benzene ring substituents is 1. The highest BCUT2D eigenvalue weighted by Gasteiger charge is 2.32. The molecule has 2 aromatic rings. The molecular formula is C18H19Cl2N3O5S. The zero-order valence-electron chi connectivity index (χ0n) is 15.5. The summed E-state index contributed by atoms with van der Waals surface area (Å²) in [7, 11) is -4.01. The minimum Gasteiger partial charge on any atom is -0.456 e. The molecule has 29 heavy (non-hydrogen) atoms. The topological polar surface area (TPSA) is 93.0 Å². The molecule has 0 saturated carbocycles. The Morgan fingerprint density at radius 2 is 1.69 bits per heavy atom. The van der Waals surface area contributed by atoms with Crippen LogP contribution in [0.15, 0.2) is 41.3 Å². The summed E-state index contributed by atoms with van der Waals surface area (Å²) in [6, 6.07) is 7.94. The highest BCUT2D eigenvalue weighted by molar-refractivity contribution is 7.89. The standard InChI is InChI=1S/C18H19Cl2N3O5S/c1-2-21-5-7-22(8-6-21)29(26,27)18-12-15(23(24)25)3-4-17(18)28-16-10-13(19)9-14(20)11-16/h3-4,9-12H,2,5-8H2,1H3. The van der Waals surface area contributed by atoms with Crippen molar-refractivity contribution in [2.75, 3.05) is 32.7 Å². The molecule has 3 rings (SSSR count). The number of benzene rings is 2. The summed E-state index contributed by atoms with van der Waals surface area (Å²) in [5.41, 5.74) is -0.341. The van der Waals surface area contributed by atoms with Crippen molar-refractivity contribution in [1.29, 1.82) is 0 Å². The molecule has 1 fully saturated rings. The SMILES string of the molecule is CCN1CCN(S(=O)(=O)c2cc([N+](=O)[O-])ccc2Oc2cc(Cl)cc(Cl)c2)CC1. The van der Waals surface area contributed by atoms with Crippen LogP contribution in [-0.4, -0.2) is 55.3 Å². The molecule has 0 amide bonds. The van der Waals surface area contributed by atoms with Gasteiger partial charge in [0.25, 0.3) is 5.69 Å². The second kappa shape index (κ2) is 8.85. The lowest BCUT2D eigenvalue weighted by atomic mass is 10.3. The van der Waals surface area contributed by atoms with E-state index in [4.69, 9.17) is 27.9 Å². The van der Waals surface area contributed by atoms with Gasteiger partial charge in [-0.3, -0.25) is 10.1 Å². The first-order valence-electron chi connectivity index (χ1n) is 8.85. The Labute approximate surface area is 178 Å². The lowest BCUT2D eigenvalue weighted by Crippen LogP contribution is -2.48. The Kier molecular flexibility index (Phi) is 6.65. The van der Waals surface area contributed by atoms with E-state index in [0.29, 0.717) is 36.2 Å². The molecule has 8 nitrogen and oxygen atoms in total. The third-order valence-corrected chi connectivity index (χ3v) is 6.95. The maximum absolute atomic E-state index is 13.3. The largest absolute Gasteiger partial charge is 0.456 e. The zero-order chi connectivity index (χ0) is 21.2. The van der Waals surface area contributed by atoms with Crippen LogP contribution in [0.25, 0.3) is 0 Å². The Hall–Kier alpha value is -1.91. The van der Waals surface area contributed by atoms with Crippen molar-refractivity contribution in [2.24, 2.45) is 0 Å². The van der Waals surface area contributed by atoms with E-state index < -0.39 is 14.9 Å². The molecule has 2 aromatic carbocycles. The van der Waals surface area contributed by atoms with Gasteiger partial charge in [0, 0.05) is 48.4 Å². The van der Waals surface area contributed by atoms with E-state index in [-0.39, 0.29) is 22.1 Å². The lowest BCUT2D eigenvalue weighted by molar-refractivity contribution is -0.385. The minimum absolute atomic E-state index is 0.0353. The third-order valence-electron chi connectivity index (χ3n) is 4.60. The number of rotatable bonds is 6. The van der Waals surface area contributed by atoms with Crippen LogP contribution in [0, 0.1) is 10.1 Å². The Morgan fingerprint density at radius 1 is 1.07 bits per heavy atom. The molecule has 156 valence electrons. The first-order chi connectivity index (χ1) is 13.7. The number of nitrogens with zero attached hydrogens (tertiary/aromatic N) is 3. The summed E-state index contributed by atoms with van der Waals surface area (Å²) in [6.45, 7) is 4.60. The van der Waals surface area contributed by atoms with Crippen LogP contribution in [0.4, 0.5) is 5.69 Å². The second-order valence-corrected chi connectivity index (χ2v) is 9.21. The number of non-ortho nitro benzene ring substituents is 1. The predicted molar refractivity (Wildman–Crippen MR) is 111 cm³/mol. The van der Waals surface area contributed by atoms with Gasteiger partial charge in [-0.1, -0.05) is 30.1 Å². The van der Waals surface area contributed by atoms with Crippen molar-refractivity contribution in [3.05, 3.63) is 56.6 Å². The first kappa shape index (κ1) is 21.8. The summed E-state index contributed by atoms with van der Waals surface area (Å²) < 4.78 is 33.5. The Balaban J connectivity index is 2.01. The quantitative estimate of drug-likeness (QED) is 0.478. The van der Waals surface area contributed by atoms with Crippen LogP contribution in [0.5, 0.6) is 11.5 Å². The van der Waals surface area contributed by atoms with Gasteiger partial charge in [-0.2, -0.15) is 4.31 Å².